The molecule has 2 aliphatic rings. The second-order valence-corrected chi connectivity index (χ2v) is 7.12. The van der Waals surface area contributed by atoms with Crippen molar-refractivity contribution in [2.45, 2.75) is 57.8 Å². The Morgan fingerprint density at radius 1 is 1.26 bits per heavy atom. The predicted molar refractivity (Wildman–Crippen MR) is 78.5 cm³/mol. The van der Waals surface area contributed by atoms with E-state index in [-0.39, 0.29) is 11.8 Å². The number of rotatable bonds is 3. The van der Waals surface area contributed by atoms with E-state index in [4.69, 9.17) is 0 Å². The molecule has 1 heterocycles. The van der Waals surface area contributed by atoms with E-state index in [1.807, 2.05) is 6.20 Å². The summed E-state index contributed by atoms with van der Waals surface area (Å²) in [7, 11) is 0. The van der Waals surface area contributed by atoms with Gasteiger partial charge in [0.05, 0.1) is 0 Å². The third kappa shape index (κ3) is 2.83. The first kappa shape index (κ1) is 13.1. The Hall–Kier alpha value is -0.900. The summed E-state index contributed by atoms with van der Waals surface area (Å²) in [6.45, 7) is 2.34. The van der Waals surface area contributed by atoms with Gasteiger partial charge in [0.1, 0.15) is 0 Å². The van der Waals surface area contributed by atoms with Gasteiger partial charge >= 0.3 is 0 Å². The molecule has 2 aliphatic carbocycles. The number of thiazole rings is 1. The van der Waals surface area contributed by atoms with Crippen LogP contribution in [0.15, 0.2) is 6.20 Å². The lowest BCUT2D eigenvalue weighted by atomic mass is 9.80. The third-order valence-corrected chi connectivity index (χ3v) is 5.75. The molecule has 4 heteroatoms. The first-order valence-corrected chi connectivity index (χ1v) is 8.32. The van der Waals surface area contributed by atoms with Crippen LogP contribution in [-0.4, -0.2) is 10.9 Å². The van der Waals surface area contributed by atoms with Crippen molar-refractivity contribution in [3.05, 3.63) is 11.1 Å². The Morgan fingerprint density at radius 2 is 2.05 bits per heavy atom. The molecule has 19 heavy (non-hydrogen) atoms. The average molecular weight is 278 g/mol. The molecule has 0 bridgehead atoms. The van der Waals surface area contributed by atoms with Crippen molar-refractivity contribution in [1.29, 1.82) is 0 Å². The van der Waals surface area contributed by atoms with Gasteiger partial charge in [-0.3, -0.25) is 4.79 Å². The molecule has 3 rings (SSSR count). The van der Waals surface area contributed by atoms with Crippen LogP contribution < -0.4 is 5.32 Å². The number of hydrogen-bond acceptors (Lipinski definition) is 3. The number of amides is 1. The zero-order valence-corrected chi connectivity index (χ0v) is 12.3. The molecule has 104 valence electrons. The van der Waals surface area contributed by atoms with E-state index in [0.717, 1.165) is 23.9 Å². The Morgan fingerprint density at radius 3 is 2.74 bits per heavy atom. The minimum Gasteiger partial charge on any atom is -0.302 e. The molecule has 0 aromatic carbocycles. The maximum Gasteiger partial charge on any atom is 0.229 e. The first-order chi connectivity index (χ1) is 9.24. The van der Waals surface area contributed by atoms with Gasteiger partial charge in [-0.1, -0.05) is 32.6 Å². The van der Waals surface area contributed by atoms with Crippen LogP contribution in [0.1, 0.15) is 62.7 Å². The molecule has 2 fully saturated rings. The van der Waals surface area contributed by atoms with E-state index in [1.165, 1.54) is 37.0 Å². The van der Waals surface area contributed by atoms with Gasteiger partial charge in [-0.15, -0.1) is 11.3 Å². The van der Waals surface area contributed by atoms with E-state index >= 15 is 0 Å². The fourth-order valence-electron chi connectivity index (χ4n) is 3.13. The number of nitrogens with zero attached hydrogens (tertiary/aromatic N) is 1. The lowest BCUT2D eigenvalue weighted by Crippen LogP contribution is -2.27. The highest BCUT2D eigenvalue weighted by Crippen LogP contribution is 2.40. The van der Waals surface area contributed by atoms with Crippen molar-refractivity contribution in [3.8, 4) is 0 Å². The summed E-state index contributed by atoms with van der Waals surface area (Å²) in [6, 6.07) is 0. The Balaban J connectivity index is 1.63. The molecule has 2 saturated carbocycles. The van der Waals surface area contributed by atoms with Crippen molar-refractivity contribution in [3.63, 3.8) is 0 Å². The molecule has 0 saturated heterocycles. The Kier molecular flexibility index (Phi) is 3.87. The summed E-state index contributed by atoms with van der Waals surface area (Å²) in [6.07, 6.45) is 10.6. The molecular weight excluding hydrogens is 256 g/mol. The number of nitrogens with one attached hydrogen (secondary N) is 1. The number of carbonyl (C=O) groups is 1. The van der Waals surface area contributed by atoms with Gasteiger partial charge in [0.15, 0.2) is 5.13 Å². The Labute approximate surface area is 118 Å². The van der Waals surface area contributed by atoms with Crippen molar-refractivity contribution in [1.82, 2.24) is 4.98 Å². The van der Waals surface area contributed by atoms with E-state index < -0.39 is 0 Å². The average Bonchev–Trinajstić information content (AvgIpc) is 2.75. The van der Waals surface area contributed by atoms with Crippen LogP contribution >= 0.6 is 11.3 Å². The molecule has 1 aromatic heterocycles. The molecule has 0 aliphatic heterocycles. The molecule has 1 aromatic rings. The van der Waals surface area contributed by atoms with Crippen molar-refractivity contribution in [2.24, 2.45) is 11.8 Å². The highest BCUT2D eigenvalue weighted by Gasteiger charge is 2.27. The molecule has 0 radical (unpaired) electrons. The van der Waals surface area contributed by atoms with Gasteiger partial charge in [0.2, 0.25) is 5.91 Å². The van der Waals surface area contributed by atoms with Crippen LogP contribution in [0.2, 0.25) is 0 Å². The van der Waals surface area contributed by atoms with Gasteiger partial charge in [0.25, 0.3) is 0 Å². The lowest BCUT2D eigenvalue weighted by Gasteiger charge is -2.27. The number of anilines is 1. The second-order valence-electron chi connectivity index (χ2n) is 6.05. The third-order valence-electron chi connectivity index (χ3n) is 4.71. The smallest absolute Gasteiger partial charge is 0.229 e. The van der Waals surface area contributed by atoms with E-state index in [1.54, 1.807) is 11.3 Å². The maximum absolute atomic E-state index is 11.9. The minimum atomic E-state index is 0.170. The van der Waals surface area contributed by atoms with Crippen molar-refractivity contribution >= 4 is 22.4 Å². The van der Waals surface area contributed by atoms with E-state index in [2.05, 4.69) is 17.2 Å². The van der Waals surface area contributed by atoms with Crippen LogP contribution in [0.3, 0.4) is 0 Å². The standard InChI is InChI=1S/C15H22N2OS/c1-10-5-2-3-8-12(10)13-9-16-15(19-13)17-14(18)11-6-4-7-11/h9-12H,2-8H2,1H3,(H,16,17,18)/t10-,12-/m1/s1. The summed E-state index contributed by atoms with van der Waals surface area (Å²) in [5.74, 6) is 1.81. The normalized spacial score (nSPS) is 27.8. The molecular formula is C15H22N2OS. The number of aromatic nitrogens is 1. The van der Waals surface area contributed by atoms with Crippen molar-refractivity contribution in [2.75, 3.05) is 5.32 Å². The fourth-order valence-corrected chi connectivity index (χ4v) is 4.22. The lowest BCUT2D eigenvalue weighted by molar-refractivity contribution is -0.122. The number of carbonyl (C=O) groups excluding carboxylic acids is 1. The van der Waals surface area contributed by atoms with Gasteiger partial charge in [0, 0.05) is 17.0 Å². The summed E-state index contributed by atoms with van der Waals surface area (Å²) in [5.41, 5.74) is 0. The summed E-state index contributed by atoms with van der Waals surface area (Å²) in [4.78, 5) is 17.7. The van der Waals surface area contributed by atoms with Crippen LogP contribution in [0.25, 0.3) is 0 Å². The molecule has 2 atom stereocenters. The van der Waals surface area contributed by atoms with Gasteiger partial charge in [-0.2, -0.15) is 0 Å². The van der Waals surface area contributed by atoms with E-state index in [0.29, 0.717) is 5.92 Å². The topological polar surface area (TPSA) is 42.0 Å². The van der Waals surface area contributed by atoms with Gasteiger partial charge < -0.3 is 5.32 Å². The summed E-state index contributed by atoms with van der Waals surface area (Å²) in [5, 5.41) is 3.78. The summed E-state index contributed by atoms with van der Waals surface area (Å²) >= 11 is 1.68. The van der Waals surface area contributed by atoms with Crippen LogP contribution in [0.5, 0.6) is 0 Å². The molecule has 1 N–H and O–H groups in total. The van der Waals surface area contributed by atoms with Crippen LogP contribution in [-0.2, 0) is 4.79 Å². The fraction of sp³-hybridized carbons (Fsp3) is 0.733. The molecule has 3 nitrogen and oxygen atoms in total. The summed E-state index contributed by atoms with van der Waals surface area (Å²) < 4.78 is 0. The SMILES string of the molecule is C[C@@H]1CCCC[C@H]1c1cnc(NC(=O)C2CCC2)s1. The highest BCUT2D eigenvalue weighted by atomic mass is 32.1. The zero-order chi connectivity index (χ0) is 13.2. The van der Waals surface area contributed by atoms with Crippen LogP contribution in [0, 0.1) is 11.8 Å². The molecule has 1 amide bonds. The first-order valence-electron chi connectivity index (χ1n) is 7.50. The van der Waals surface area contributed by atoms with Gasteiger partial charge in [-0.25, -0.2) is 4.98 Å². The highest BCUT2D eigenvalue weighted by molar-refractivity contribution is 7.15. The minimum absolute atomic E-state index is 0.170. The van der Waals surface area contributed by atoms with Crippen molar-refractivity contribution < 1.29 is 4.79 Å². The molecule has 0 spiro atoms. The Bertz CT molecular complexity index is 453. The molecule has 0 unspecified atom stereocenters. The predicted octanol–water partition coefficient (Wildman–Crippen LogP) is 4.18. The number of hydrogen-bond donors (Lipinski definition) is 1. The van der Waals surface area contributed by atoms with Gasteiger partial charge in [-0.05, 0) is 31.1 Å². The zero-order valence-electron chi connectivity index (χ0n) is 11.5. The quantitative estimate of drug-likeness (QED) is 0.901. The monoisotopic (exact) mass is 278 g/mol. The van der Waals surface area contributed by atoms with E-state index in [9.17, 15) is 4.79 Å². The largest absolute Gasteiger partial charge is 0.302 e. The van der Waals surface area contributed by atoms with Crippen LogP contribution in [0.4, 0.5) is 5.13 Å². The maximum atomic E-state index is 11.9. The second kappa shape index (κ2) is 5.61.